The third-order valence-corrected chi connectivity index (χ3v) is 4.46. The highest BCUT2D eigenvalue weighted by Crippen LogP contribution is 2.20. The van der Waals surface area contributed by atoms with Crippen LogP contribution in [0.4, 0.5) is 0 Å². The molecule has 0 aliphatic carbocycles. The molecule has 1 aliphatic heterocycles. The highest BCUT2D eigenvalue weighted by molar-refractivity contribution is 6.04. The molecule has 1 aromatic carbocycles. The molecule has 1 aliphatic rings. The van der Waals surface area contributed by atoms with E-state index in [0.717, 1.165) is 55.7 Å². The number of morpholine rings is 1. The average molecular weight is 312 g/mol. The van der Waals surface area contributed by atoms with Crippen LogP contribution in [0.15, 0.2) is 35.4 Å². The summed E-state index contributed by atoms with van der Waals surface area (Å²) in [6, 6.07) is 7.88. The zero-order valence-corrected chi connectivity index (χ0v) is 13.0. The van der Waals surface area contributed by atoms with Crippen LogP contribution >= 0.6 is 0 Å². The van der Waals surface area contributed by atoms with Crippen molar-refractivity contribution in [3.05, 3.63) is 40.9 Å². The molecule has 2 aromatic heterocycles. The molecule has 3 aromatic rings. The zero-order valence-electron chi connectivity index (χ0n) is 13.0. The number of benzene rings is 1. The third-order valence-electron chi connectivity index (χ3n) is 4.46. The topological polar surface area (TPSA) is 63.2 Å². The minimum absolute atomic E-state index is 0.00757. The molecule has 6 nitrogen and oxygen atoms in total. The summed E-state index contributed by atoms with van der Waals surface area (Å²) >= 11 is 0. The SMILES string of the molecule is O=c1c2[nH]c3ccccc3c2ncn1CCCN1CCOCC1. The van der Waals surface area contributed by atoms with Crippen molar-refractivity contribution >= 4 is 21.9 Å². The van der Waals surface area contributed by atoms with Gasteiger partial charge in [-0.1, -0.05) is 18.2 Å². The Morgan fingerprint density at radius 3 is 2.87 bits per heavy atom. The summed E-state index contributed by atoms with van der Waals surface area (Å²) in [5.74, 6) is 0. The number of fused-ring (bicyclic) bond motifs is 3. The van der Waals surface area contributed by atoms with Crippen molar-refractivity contribution in [2.75, 3.05) is 32.8 Å². The van der Waals surface area contributed by atoms with Crippen molar-refractivity contribution in [3.63, 3.8) is 0 Å². The van der Waals surface area contributed by atoms with E-state index >= 15 is 0 Å². The van der Waals surface area contributed by atoms with Gasteiger partial charge in [-0.2, -0.15) is 0 Å². The number of hydrogen-bond acceptors (Lipinski definition) is 4. The highest BCUT2D eigenvalue weighted by atomic mass is 16.5. The lowest BCUT2D eigenvalue weighted by Gasteiger charge is -2.26. The molecule has 0 saturated carbocycles. The first-order valence-corrected chi connectivity index (χ1v) is 8.09. The molecule has 6 heteroatoms. The lowest BCUT2D eigenvalue weighted by molar-refractivity contribution is 0.0369. The summed E-state index contributed by atoms with van der Waals surface area (Å²) in [4.78, 5) is 22.7. The molecule has 1 saturated heterocycles. The largest absolute Gasteiger partial charge is 0.379 e. The van der Waals surface area contributed by atoms with E-state index in [2.05, 4.69) is 14.9 Å². The molecule has 1 fully saturated rings. The van der Waals surface area contributed by atoms with Crippen molar-refractivity contribution in [2.24, 2.45) is 0 Å². The molecule has 1 N–H and O–H groups in total. The first kappa shape index (κ1) is 14.4. The quantitative estimate of drug-likeness (QED) is 0.795. The van der Waals surface area contributed by atoms with Crippen LogP contribution in [0.5, 0.6) is 0 Å². The first-order valence-electron chi connectivity index (χ1n) is 8.09. The lowest BCUT2D eigenvalue weighted by atomic mass is 10.2. The number of aryl methyl sites for hydroxylation is 1. The van der Waals surface area contributed by atoms with Gasteiger partial charge >= 0.3 is 0 Å². The normalized spacial score (nSPS) is 16.3. The van der Waals surface area contributed by atoms with E-state index in [1.54, 1.807) is 10.9 Å². The van der Waals surface area contributed by atoms with Gasteiger partial charge in [-0.05, 0) is 12.5 Å². The number of nitrogens with one attached hydrogen (secondary N) is 1. The standard InChI is InChI=1S/C17H20N4O2/c22-17-16-15(13-4-1-2-5-14(13)19-16)18-12-21(17)7-3-6-20-8-10-23-11-9-20/h1-2,4-5,12,19H,3,6-11H2. The number of ether oxygens (including phenoxy) is 1. The van der Waals surface area contributed by atoms with E-state index in [1.807, 2.05) is 24.3 Å². The first-order chi connectivity index (χ1) is 11.3. The molecule has 23 heavy (non-hydrogen) atoms. The van der Waals surface area contributed by atoms with Crippen molar-refractivity contribution in [1.29, 1.82) is 0 Å². The van der Waals surface area contributed by atoms with Gasteiger partial charge in [0.05, 0.1) is 19.5 Å². The van der Waals surface area contributed by atoms with Crippen molar-refractivity contribution in [3.8, 4) is 0 Å². The number of aromatic nitrogens is 3. The van der Waals surface area contributed by atoms with E-state index in [4.69, 9.17) is 4.74 Å². The van der Waals surface area contributed by atoms with Crippen LogP contribution in [0.3, 0.4) is 0 Å². The monoisotopic (exact) mass is 312 g/mol. The Kier molecular flexibility index (Phi) is 3.85. The van der Waals surface area contributed by atoms with Gasteiger partial charge in [0.25, 0.3) is 5.56 Å². The summed E-state index contributed by atoms with van der Waals surface area (Å²) < 4.78 is 7.06. The minimum atomic E-state index is 0.00757. The molecule has 4 rings (SSSR count). The second-order valence-corrected chi connectivity index (χ2v) is 5.94. The van der Waals surface area contributed by atoms with Crippen LogP contribution in [0, 0.1) is 0 Å². The van der Waals surface area contributed by atoms with Gasteiger partial charge in [-0.3, -0.25) is 14.3 Å². The van der Waals surface area contributed by atoms with Crippen LogP contribution in [0.25, 0.3) is 21.9 Å². The fourth-order valence-electron chi connectivity index (χ4n) is 3.19. The Morgan fingerprint density at radius 2 is 2.00 bits per heavy atom. The summed E-state index contributed by atoms with van der Waals surface area (Å²) in [5.41, 5.74) is 2.32. The molecule has 3 heterocycles. The zero-order chi connectivity index (χ0) is 15.6. The molecule has 0 radical (unpaired) electrons. The maximum Gasteiger partial charge on any atom is 0.277 e. The summed E-state index contributed by atoms with van der Waals surface area (Å²) in [6.07, 6.45) is 2.61. The number of nitrogens with zero attached hydrogens (tertiary/aromatic N) is 3. The van der Waals surface area contributed by atoms with Crippen LogP contribution in [0.1, 0.15) is 6.42 Å². The molecule has 0 bridgehead atoms. The van der Waals surface area contributed by atoms with E-state index in [1.165, 1.54) is 0 Å². The smallest absolute Gasteiger partial charge is 0.277 e. The highest BCUT2D eigenvalue weighted by Gasteiger charge is 2.12. The number of rotatable bonds is 4. The fourth-order valence-corrected chi connectivity index (χ4v) is 3.19. The van der Waals surface area contributed by atoms with Gasteiger partial charge in [-0.15, -0.1) is 0 Å². The Hall–Kier alpha value is -2.18. The van der Waals surface area contributed by atoms with E-state index in [-0.39, 0.29) is 5.56 Å². The molecular weight excluding hydrogens is 292 g/mol. The van der Waals surface area contributed by atoms with Gasteiger partial charge in [-0.25, -0.2) is 4.98 Å². The van der Waals surface area contributed by atoms with E-state index < -0.39 is 0 Å². The van der Waals surface area contributed by atoms with Crippen molar-refractivity contribution < 1.29 is 4.74 Å². The molecular formula is C17H20N4O2. The second kappa shape index (κ2) is 6.14. The van der Waals surface area contributed by atoms with Crippen molar-refractivity contribution in [1.82, 2.24) is 19.4 Å². The number of aromatic amines is 1. The minimum Gasteiger partial charge on any atom is -0.379 e. The Bertz CT molecular complexity index is 877. The number of H-pyrrole nitrogens is 1. The van der Waals surface area contributed by atoms with E-state index in [0.29, 0.717) is 12.1 Å². The Balaban J connectivity index is 1.54. The molecule has 0 atom stereocenters. The maximum atomic E-state index is 12.6. The van der Waals surface area contributed by atoms with Gasteiger partial charge in [0.1, 0.15) is 11.0 Å². The van der Waals surface area contributed by atoms with Gasteiger partial charge < -0.3 is 9.72 Å². The summed E-state index contributed by atoms with van der Waals surface area (Å²) in [7, 11) is 0. The molecule has 0 spiro atoms. The molecule has 0 amide bonds. The van der Waals surface area contributed by atoms with Crippen LogP contribution in [-0.4, -0.2) is 52.3 Å². The van der Waals surface area contributed by atoms with Gasteiger partial charge in [0, 0.05) is 37.1 Å². The van der Waals surface area contributed by atoms with Gasteiger partial charge in [0.2, 0.25) is 0 Å². The third kappa shape index (κ3) is 2.75. The Morgan fingerprint density at radius 1 is 1.17 bits per heavy atom. The van der Waals surface area contributed by atoms with Crippen LogP contribution < -0.4 is 5.56 Å². The van der Waals surface area contributed by atoms with E-state index in [9.17, 15) is 4.79 Å². The predicted octanol–water partition coefficient (Wildman–Crippen LogP) is 1.60. The van der Waals surface area contributed by atoms with Crippen LogP contribution in [-0.2, 0) is 11.3 Å². The number of hydrogen-bond donors (Lipinski definition) is 1. The summed E-state index contributed by atoms with van der Waals surface area (Å²) in [6.45, 7) is 5.25. The molecule has 120 valence electrons. The van der Waals surface area contributed by atoms with Crippen LogP contribution in [0.2, 0.25) is 0 Å². The average Bonchev–Trinajstić information content (AvgIpc) is 2.97. The van der Waals surface area contributed by atoms with Crippen molar-refractivity contribution in [2.45, 2.75) is 13.0 Å². The predicted molar refractivity (Wildman–Crippen MR) is 89.7 cm³/mol. The fraction of sp³-hybridized carbons (Fsp3) is 0.412. The Labute approximate surface area is 133 Å². The molecule has 0 unspecified atom stereocenters. The summed E-state index contributed by atoms with van der Waals surface area (Å²) in [5, 5.41) is 1.00. The lowest BCUT2D eigenvalue weighted by Crippen LogP contribution is -2.37. The maximum absolute atomic E-state index is 12.6. The van der Waals surface area contributed by atoms with Gasteiger partial charge in [0.15, 0.2) is 0 Å². The second-order valence-electron chi connectivity index (χ2n) is 5.94. The number of para-hydroxylation sites is 1.